The Labute approximate surface area is 156 Å². The van der Waals surface area contributed by atoms with Crippen LogP contribution in [0.25, 0.3) is 16.7 Å². The summed E-state index contributed by atoms with van der Waals surface area (Å²) < 4.78 is 4.59. The van der Waals surface area contributed by atoms with Crippen LogP contribution in [-0.4, -0.2) is 18.7 Å². The van der Waals surface area contributed by atoms with Crippen LogP contribution in [0.4, 0.5) is 0 Å². The molecule has 0 saturated carbocycles. The molecule has 4 rings (SSSR count). The van der Waals surface area contributed by atoms with E-state index in [2.05, 4.69) is 5.10 Å². The fourth-order valence-corrected chi connectivity index (χ4v) is 3.37. The third-order valence-corrected chi connectivity index (χ3v) is 4.68. The highest BCUT2D eigenvalue weighted by Gasteiger charge is 2.17. The monoisotopic (exact) mass is 362 g/mol. The zero-order chi connectivity index (χ0) is 19.1. The first-order valence-electron chi connectivity index (χ1n) is 9.12. The average Bonchev–Trinajstić information content (AvgIpc) is 2.97. The van der Waals surface area contributed by atoms with Gasteiger partial charge in [-0.15, -0.1) is 5.10 Å². The van der Waals surface area contributed by atoms with Crippen LogP contribution < -0.4 is 11.2 Å². The summed E-state index contributed by atoms with van der Waals surface area (Å²) in [4.78, 5) is 26.1. The quantitative estimate of drug-likeness (QED) is 0.561. The van der Waals surface area contributed by atoms with Crippen LogP contribution in [0.2, 0.25) is 0 Å². The van der Waals surface area contributed by atoms with Crippen LogP contribution in [0.3, 0.4) is 0 Å². The molecule has 0 amide bonds. The molecule has 27 heavy (non-hydrogen) atoms. The third-order valence-electron chi connectivity index (χ3n) is 4.68. The standard InChI is InChI=1S/C21H22N4O2/c1-14(2)12-23-19(26)17-6-4-5-7-18(17)25-20(23)22-24(21(25)27)13-16-10-8-15(3)9-11-16/h4-11,14H,12-13H2,1-3H3. The lowest BCUT2D eigenvalue weighted by Crippen LogP contribution is -2.27. The van der Waals surface area contributed by atoms with Crippen molar-refractivity contribution in [2.24, 2.45) is 5.92 Å². The minimum Gasteiger partial charge on any atom is -0.276 e. The molecule has 138 valence electrons. The Balaban J connectivity index is 1.99. The van der Waals surface area contributed by atoms with Gasteiger partial charge in [0.15, 0.2) is 0 Å². The second kappa shape index (κ2) is 6.54. The summed E-state index contributed by atoms with van der Waals surface area (Å²) in [5, 5.41) is 5.05. The van der Waals surface area contributed by atoms with E-state index in [1.54, 1.807) is 21.1 Å². The molecule has 0 aliphatic heterocycles. The summed E-state index contributed by atoms with van der Waals surface area (Å²) >= 11 is 0. The van der Waals surface area contributed by atoms with Crippen LogP contribution in [0.15, 0.2) is 58.1 Å². The number of benzene rings is 2. The van der Waals surface area contributed by atoms with Crippen molar-refractivity contribution < 1.29 is 0 Å². The highest BCUT2D eigenvalue weighted by Crippen LogP contribution is 2.12. The molecule has 0 N–H and O–H groups in total. The van der Waals surface area contributed by atoms with E-state index in [1.807, 2.05) is 57.2 Å². The van der Waals surface area contributed by atoms with Crippen molar-refractivity contribution in [1.29, 1.82) is 0 Å². The van der Waals surface area contributed by atoms with E-state index in [0.717, 1.165) is 11.1 Å². The summed E-state index contributed by atoms with van der Waals surface area (Å²) in [6, 6.07) is 15.2. The van der Waals surface area contributed by atoms with Crippen molar-refractivity contribution in [2.75, 3.05) is 0 Å². The average molecular weight is 362 g/mol. The molecule has 0 bridgehead atoms. The van der Waals surface area contributed by atoms with Gasteiger partial charge in [-0.1, -0.05) is 55.8 Å². The number of fused-ring (bicyclic) bond motifs is 3. The van der Waals surface area contributed by atoms with Crippen molar-refractivity contribution in [3.63, 3.8) is 0 Å². The molecular formula is C21H22N4O2. The molecule has 2 heterocycles. The predicted octanol–water partition coefficient (Wildman–Crippen LogP) is 2.82. The number of para-hydroxylation sites is 1. The van der Waals surface area contributed by atoms with Crippen molar-refractivity contribution in [3.05, 3.63) is 80.5 Å². The molecule has 0 spiro atoms. The Hall–Kier alpha value is -3.15. The first-order valence-corrected chi connectivity index (χ1v) is 9.12. The molecule has 6 nitrogen and oxygen atoms in total. The van der Waals surface area contributed by atoms with Gasteiger partial charge < -0.3 is 0 Å². The molecule has 0 fully saturated rings. The Morgan fingerprint density at radius 3 is 2.41 bits per heavy atom. The molecule has 0 aliphatic carbocycles. The number of hydrogen-bond acceptors (Lipinski definition) is 3. The van der Waals surface area contributed by atoms with Crippen molar-refractivity contribution >= 4 is 16.7 Å². The van der Waals surface area contributed by atoms with Gasteiger partial charge in [0.2, 0.25) is 5.78 Å². The first kappa shape index (κ1) is 17.3. The van der Waals surface area contributed by atoms with E-state index in [1.165, 1.54) is 4.68 Å². The largest absolute Gasteiger partial charge is 0.352 e. The van der Waals surface area contributed by atoms with Gasteiger partial charge in [0.05, 0.1) is 17.4 Å². The SMILES string of the molecule is Cc1ccc(Cn2nc3n(CC(C)C)c(=O)c4ccccc4n3c2=O)cc1. The lowest BCUT2D eigenvalue weighted by Gasteiger charge is -2.11. The van der Waals surface area contributed by atoms with Gasteiger partial charge in [0, 0.05) is 6.54 Å². The Bertz CT molecular complexity index is 1240. The fraction of sp³-hybridized carbons (Fsp3) is 0.286. The van der Waals surface area contributed by atoms with Crippen LogP contribution in [0, 0.1) is 12.8 Å². The number of nitrogens with zero attached hydrogens (tertiary/aromatic N) is 4. The maximum atomic E-state index is 13.1. The van der Waals surface area contributed by atoms with Crippen LogP contribution in [0.5, 0.6) is 0 Å². The number of aryl methyl sites for hydroxylation is 1. The van der Waals surface area contributed by atoms with E-state index in [4.69, 9.17) is 0 Å². The highest BCUT2D eigenvalue weighted by molar-refractivity contribution is 5.79. The Morgan fingerprint density at radius 1 is 1.00 bits per heavy atom. The molecular weight excluding hydrogens is 340 g/mol. The van der Waals surface area contributed by atoms with Gasteiger partial charge in [0.1, 0.15) is 0 Å². The maximum absolute atomic E-state index is 13.1. The molecule has 0 unspecified atom stereocenters. The maximum Gasteiger partial charge on any atom is 0.352 e. The van der Waals surface area contributed by atoms with E-state index >= 15 is 0 Å². The van der Waals surface area contributed by atoms with Crippen molar-refractivity contribution in [1.82, 2.24) is 18.7 Å². The molecule has 0 radical (unpaired) electrons. The molecule has 6 heteroatoms. The second-order valence-corrected chi connectivity index (χ2v) is 7.39. The summed E-state index contributed by atoms with van der Waals surface area (Å²) in [7, 11) is 0. The summed E-state index contributed by atoms with van der Waals surface area (Å²) in [5.41, 5.74) is 2.40. The number of rotatable bonds is 4. The smallest absolute Gasteiger partial charge is 0.276 e. The topological polar surface area (TPSA) is 61.3 Å². The molecule has 0 atom stereocenters. The van der Waals surface area contributed by atoms with Crippen LogP contribution in [-0.2, 0) is 13.1 Å². The van der Waals surface area contributed by atoms with E-state index < -0.39 is 0 Å². The molecule has 2 aromatic carbocycles. The molecule has 4 aromatic rings. The lowest BCUT2D eigenvalue weighted by molar-refractivity contribution is 0.516. The minimum atomic E-state index is -0.237. The zero-order valence-corrected chi connectivity index (χ0v) is 15.7. The zero-order valence-electron chi connectivity index (χ0n) is 15.7. The number of hydrogen-bond donors (Lipinski definition) is 0. The van der Waals surface area contributed by atoms with Crippen molar-refractivity contribution in [2.45, 2.75) is 33.9 Å². The van der Waals surface area contributed by atoms with E-state index in [9.17, 15) is 9.59 Å². The summed E-state index contributed by atoms with van der Waals surface area (Å²) in [6.45, 7) is 6.98. The van der Waals surface area contributed by atoms with Crippen LogP contribution >= 0.6 is 0 Å². The van der Waals surface area contributed by atoms with E-state index in [0.29, 0.717) is 29.8 Å². The van der Waals surface area contributed by atoms with Crippen molar-refractivity contribution in [3.8, 4) is 0 Å². The highest BCUT2D eigenvalue weighted by atomic mass is 16.2. The Morgan fingerprint density at radius 2 is 1.70 bits per heavy atom. The minimum absolute atomic E-state index is 0.112. The van der Waals surface area contributed by atoms with E-state index in [-0.39, 0.29) is 17.2 Å². The summed E-state index contributed by atoms with van der Waals surface area (Å²) in [6.07, 6.45) is 0. The summed E-state index contributed by atoms with van der Waals surface area (Å²) in [5.74, 6) is 0.648. The predicted molar refractivity (Wildman–Crippen MR) is 106 cm³/mol. The number of aromatic nitrogens is 4. The molecule has 0 saturated heterocycles. The molecule has 2 aromatic heterocycles. The van der Waals surface area contributed by atoms with Crippen LogP contribution in [0.1, 0.15) is 25.0 Å². The fourth-order valence-electron chi connectivity index (χ4n) is 3.37. The third kappa shape index (κ3) is 2.97. The van der Waals surface area contributed by atoms with Gasteiger partial charge in [-0.2, -0.15) is 0 Å². The van der Waals surface area contributed by atoms with Gasteiger partial charge in [-0.05, 0) is 30.5 Å². The molecule has 0 aliphatic rings. The lowest BCUT2D eigenvalue weighted by atomic mass is 10.1. The second-order valence-electron chi connectivity index (χ2n) is 7.39. The van der Waals surface area contributed by atoms with Gasteiger partial charge in [0.25, 0.3) is 5.56 Å². The van der Waals surface area contributed by atoms with Gasteiger partial charge in [-0.3, -0.25) is 9.36 Å². The van der Waals surface area contributed by atoms with Gasteiger partial charge in [-0.25, -0.2) is 13.9 Å². The van der Waals surface area contributed by atoms with Gasteiger partial charge >= 0.3 is 5.69 Å². The first-order chi connectivity index (χ1) is 13.0. The normalized spacial score (nSPS) is 11.7. The Kier molecular flexibility index (Phi) is 4.18.